The number of nitrogens with one attached hydrogen (secondary N) is 1. The van der Waals surface area contributed by atoms with Gasteiger partial charge in [-0.2, -0.15) is 0 Å². The van der Waals surface area contributed by atoms with E-state index in [1.165, 1.54) is 25.3 Å². The largest absolute Gasteiger partial charge is 0.496 e. The van der Waals surface area contributed by atoms with E-state index < -0.39 is 23.2 Å². The standard InChI is InChI=1S/C15H18FNO5/c1-21-12-3-2-11(16)8-10(12)9-13(18)17-15(14(19)20)4-6-22-7-5-15/h2-3,8H,4-7,9H2,1H3,(H,17,18)(H,19,20). The van der Waals surface area contributed by atoms with Crippen molar-refractivity contribution in [3.8, 4) is 5.75 Å². The van der Waals surface area contributed by atoms with Gasteiger partial charge in [0, 0.05) is 31.6 Å². The van der Waals surface area contributed by atoms with Crippen LogP contribution in [0.15, 0.2) is 18.2 Å². The molecule has 0 radical (unpaired) electrons. The summed E-state index contributed by atoms with van der Waals surface area (Å²) in [5.41, 5.74) is -0.955. The SMILES string of the molecule is COc1ccc(F)cc1CC(=O)NC1(C(=O)O)CCOCC1. The zero-order valence-corrected chi connectivity index (χ0v) is 12.2. The van der Waals surface area contributed by atoms with E-state index in [1.54, 1.807) is 0 Å². The van der Waals surface area contributed by atoms with Crippen LogP contribution >= 0.6 is 0 Å². The van der Waals surface area contributed by atoms with Crippen LogP contribution in [0.25, 0.3) is 0 Å². The second-order valence-electron chi connectivity index (χ2n) is 5.18. The highest BCUT2D eigenvalue weighted by atomic mass is 19.1. The van der Waals surface area contributed by atoms with Crippen molar-refractivity contribution in [2.75, 3.05) is 20.3 Å². The Balaban J connectivity index is 2.12. The van der Waals surface area contributed by atoms with Crippen molar-refractivity contribution in [2.24, 2.45) is 0 Å². The zero-order chi connectivity index (χ0) is 16.2. The normalized spacial score (nSPS) is 16.8. The van der Waals surface area contributed by atoms with Gasteiger partial charge in [-0.1, -0.05) is 0 Å². The number of hydrogen-bond donors (Lipinski definition) is 2. The Morgan fingerprint density at radius 2 is 2.09 bits per heavy atom. The van der Waals surface area contributed by atoms with Crippen LogP contribution < -0.4 is 10.1 Å². The average Bonchev–Trinajstić information content (AvgIpc) is 2.48. The van der Waals surface area contributed by atoms with Crippen molar-refractivity contribution in [1.82, 2.24) is 5.32 Å². The topological polar surface area (TPSA) is 84.9 Å². The van der Waals surface area contributed by atoms with Crippen LogP contribution in [0, 0.1) is 5.82 Å². The lowest BCUT2D eigenvalue weighted by atomic mass is 9.89. The van der Waals surface area contributed by atoms with Gasteiger partial charge in [0.15, 0.2) is 0 Å². The molecule has 1 heterocycles. The summed E-state index contributed by atoms with van der Waals surface area (Å²) in [6.45, 7) is 0.547. The molecule has 1 aliphatic heterocycles. The second kappa shape index (κ2) is 6.74. The van der Waals surface area contributed by atoms with Gasteiger partial charge in [-0.3, -0.25) is 4.79 Å². The van der Waals surface area contributed by atoms with E-state index in [-0.39, 0.29) is 32.5 Å². The first-order valence-corrected chi connectivity index (χ1v) is 6.91. The lowest BCUT2D eigenvalue weighted by Gasteiger charge is -2.33. The van der Waals surface area contributed by atoms with Gasteiger partial charge in [0.05, 0.1) is 13.5 Å². The molecule has 120 valence electrons. The highest BCUT2D eigenvalue weighted by molar-refractivity contribution is 5.88. The molecule has 0 unspecified atom stereocenters. The van der Waals surface area contributed by atoms with E-state index in [1.807, 2.05) is 0 Å². The molecule has 1 amide bonds. The lowest BCUT2D eigenvalue weighted by Crippen LogP contribution is -2.57. The van der Waals surface area contributed by atoms with Crippen LogP contribution in [0.4, 0.5) is 4.39 Å². The van der Waals surface area contributed by atoms with E-state index in [0.29, 0.717) is 11.3 Å². The maximum Gasteiger partial charge on any atom is 0.329 e. The van der Waals surface area contributed by atoms with Crippen LogP contribution in [-0.2, 0) is 20.7 Å². The molecule has 1 aliphatic rings. The summed E-state index contributed by atoms with van der Waals surface area (Å²) in [5, 5.41) is 11.9. The van der Waals surface area contributed by atoms with Crippen molar-refractivity contribution < 1.29 is 28.6 Å². The number of methoxy groups -OCH3 is 1. The molecule has 6 nitrogen and oxygen atoms in total. The van der Waals surface area contributed by atoms with Crippen LogP contribution in [0.5, 0.6) is 5.75 Å². The molecule has 1 fully saturated rings. The third-order valence-corrected chi connectivity index (χ3v) is 3.73. The molecule has 1 saturated heterocycles. The first-order chi connectivity index (χ1) is 10.5. The zero-order valence-electron chi connectivity index (χ0n) is 12.2. The molecule has 22 heavy (non-hydrogen) atoms. The number of aliphatic carboxylic acids is 1. The van der Waals surface area contributed by atoms with E-state index >= 15 is 0 Å². The Bertz CT molecular complexity index is 569. The number of carboxylic acids is 1. The average molecular weight is 311 g/mol. The van der Waals surface area contributed by atoms with Crippen LogP contribution in [-0.4, -0.2) is 42.8 Å². The highest BCUT2D eigenvalue weighted by Crippen LogP contribution is 2.23. The summed E-state index contributed by atoms with van der Waals surface area (Å²) >= 11 is 0. The second-order valence-corrected chi connectivity index (χ2v) is 5.18. The fourth-order valence-corrected chi connectivity index (χ4v) is 2.48. The summed E-state index contributed by atoms with van der Waals surface area (Å²) in [6, 6.07) is 3.87. The van der Waals surface area contributed by atoms with Gasteiger partial charge >= 0.3 is 5.97 Å². The van der Waals surface area contributed by atoms with Gasteiger partial charge in [-0.25, -0.2) is 9.18 Å². The minimum Gasteiger partial charge on any atom is -0.496 e. The number of rotatable bonds is 5. The fraction of sp³-hybridized carbons (Fsp3) is 0.467. The number of benzene rings is 1. The number of carbonyl (C=O) groups excluding carboxylic acids is 1. The van der Waals surface area contributed by atoms with Gasteiger partial charge in [0.25, 0.3) is 0 Å². The molecule has 0 atom stereocenters. The number of ether oxygens (including phenoxy) is 2. The Hall–Kier alpha value is -2.15. The number of carboxylic acid groups (broad SMARTS) is 1. The Morgan fingerprint density at radius 1 is 1.41 bits per heavy atom. The quantitative estimate of drug-likeness (QED) is 0.851. The van der Waals surface area contributed by atoms with E-state index in [2.05, 4.69) is 5.32 Å². The third-order valence-electron chi connectivity index (χ3n) is 3.73. The predicted octanol–water partition coefficient (Wildman–Crippen LogP) is 1.13. The van der Waals surface area contributed by atoms with E-state index in [0.717, 1.165) is 0 Å². The van der Waals surface area contributed by atoms with E-state index in [4.69, 9.17) is 9.47 Å². The Morgan fingerprint density at radius 3 is 2.68 bits per heavy atom. The molecular weight excluding hydrogens is 293 g/mol. The molecule has 0 aromatic heterocycles. The maximum atomic E-state index is 13.3. The molecule has 1 aromatic rings. The molecule has 0 aliphatic carbocycles. The van der Waals surface area contributed by atoms with Crippen molar-refractivity contribution in [1.29, 1.82) is 0 Å². The molecule has 7 heteroatoms. The number of hydrogen-bond acceptors (Lipinski definition) is 4. The third kappa shape index (κ3) is 3.54. The molecule has 1 aromatic carbocycles. The minimum atomic E-state index is -1.32. The maximum absolute atomic E-state index is 13.3. The van der Waals surface area contributed by atoms with Crippen molar-refractivity contribution in [2.45, 2.75) is 24.8 Å². The van der Waals surface area contributed by atoms with Gasteiger partial charge in [0.2, 0.25) is 5.91 Å². The first-order valence-electron chi connectivity index (χ1n) is 6.91. The number of amides is 1. The summed E-state index contributed by atoms with van der Waals surface area (Å²) in [5.74, 6) is -1.68. The summed E-state index contributed by atoms with van der Waals surface area (Å²) in [6.07, 6.45) is 0.250. The summed E-state index contributed by atoms with van der Waals surface area (Å²) < 4.78 is 23.5. The molecular formula is C15H18FNO5. The number of halogens is 1. The molecule has 0 spiro atoms. The monoisotopic (exact) mass is 311 g/mol. The fourth-order valence-electron chi connectivity index (χ4n) is 2.48. The summed E-state index contributed by atoms with van der Waals surface area (Å²) in [7, 11) is 1.42. The Labute approximate surface area is 127 Å². The molecule has 0 bridgehead atoms. The first kappa shape index (κ1) is 16.2. The van der Waals surface area contributed by atoms with Crippen molar-refractivity contribution >= 4 is 11.9 Å². The highest BCUT2D eigenvalue weighted by Gasteiger charge is 2.41. The Kier molecular flexibility index (Phi) is 4.97. The number of carbonyl (C=O) groups is 2. The van der Waals surface area contributed by atoms with Crippen LogP contribution in [0.2, 0.25) is 0 Å². The summed E-state index contributed by atoms with van der Waals surface area (Å²) in [4.78, 5) is 23.7. The van der Waals surface area contributed by atoms with Gasteiger partial charge in [-0.15, -0.1) is 0 Å². The van der Waals surface area contributed by atoms with Crippen molar-refractivity contribution in [3.63, 3.8) is 0 Å². The van der Waals surface area contributed by atoms with Gasteiger partial charge in [0.1, 0.15) is 17.1 Å². The molecule has 0 saturated carbocycles. The van der Waals surface area contributed by atoms with Gasteiger partial charge < -0.3 is 19.9 Å². The molecule has 2 N–H and O–H groups in total. The lowest BCUT2D eigenvalue weighted by molar-refractivity contribution is -0.152. The van der Waals surface area contributed by atoms with Crippen molar-refractivity contribution in [3.05, 3.63) is 29.6 Å². The van der Waals surface area contributed by atoms with Crippen LogP contribution in [0.1, 0.15) is 18.4 Å². The van der Waals surface area contributed by atoms with E-state index in [9.17, 15) is 19.1 Å². The smallest absolute Gasteiger partial charge is 0.329 e. The molecule has 2 rings (SSSR count). The predicted molar refractivity (Wildman–Crippen MR) is 75.2 cm³/mol. The van der Waals surface area contributed by atoms with Crippen LogP contribution in [0.3, 0.4) is 0 Å². The van der Waals surface area contributed by atoms with Gasteiger partial charge in [-0.05, 0) is 18.2 Å². The minimum absolute atomic E-state index is 0.156.